The van der Waals surface area contributed by atoms with Gasteiger partial charge in [-0.25, -0.2) is 0 Å². The molecule has 2 rings (SSSR count). The van der Waals surface area contributed by atoms with Crippen LogP contribution in [0.3, 0.4) is 0 Å². The average molecular weight is 504 g/mol. The lowest BCUT2D eigenvalue weighted by Gasteiger charge is -2.33. The number of hydrogen-bond donors (Lipinski definition) is 3. The summed E-state index contributed by atoms with van der Waals surface area (Å²) in [6.07, 6.45) is 3.98. The lowest BCUT2D eigenvalue weighted by Crippen LogP contribution is -2.54. The maximum absolute atomic E-state index is 13.8. The van der Waals surface area contributed by atoms with Crippen molar-refractivity contribution in [2.24, 2.45) is 5.73 Å². The molecule has 0 saturated carbocycles. The van der Waals surface area contributed by atoms with Gasteiger partial charge in [0.25, 0.3) is 11.8 Å². The van der Waals surface area contributed by atoms with Crippen molar-refractivity contribution in [1.82, 2.24) is 9.69 Å². The molecule has 10 heteroatoms. The minimum atomic E-state index is -0.814. The predicted molar refractivity (Wildman–Crippen MR) is 140 cm³/mol. The van der Waals surface area contributed by atoms with Crippen molar-refractivity contribution in [1.29, 1.82) is 0 Å². The van der Waals surface area contributed by atoms with Gasteiger partial charge in [-0.3, -0.25) is 19.3 Å². The number of nitrogens with one attached hydrogen (secondary N) is 1. The summed E-state index contributed by atoms with van der Waals surface area (Å²) in [7, 11) is 0. The molecule has 5 N–H and O–H groups in total. The molecule has 9 nitrogen and oxygen atoms in total. The Bertz CT molecular complexity index is 1010. The third kappa shape index (κ3) is 7.68. The number of anilines is 2. The van der Waals surface area contributed by atoms with Crippen LogP contribution in [0.2, 0.25) is 0 Å². The molecular formula is C25H37N5O4S. The summed E-state index contributed by atoms with van der Waals surface area (Å²) in [6.45, 7) is 10.4. The first-order valence-corrected chi connectivity index (χ1v) is 12.7. The summed E-state index contributed by atoms with van der Waals surface area (Å²) in [5, 5.41) is 2.99. The first kappa shape index (κ1) is 28.1. The number of amides is 3. The van der Waals surface area contributed by atoms with Gasteiger partial charge in [0.2, 0.25) is 5.91 Å². The molecular weight excluding hydrogens is 466 g/mol. The molecule has 0 aliphatic rings. The summed E-state index contributed by atoms with van der Waals surface area (Å²) in [5.74, 6) is -0.934. The third-order valence-corrected chi connectivity index (χ3v) is 6.05. The number of nitrogens with zero attached hydrogens (tertiary/aromatic N) is 2. The Morgan fingerprint density at radius 2 is 1.74 bits per heavy atom. The standard InChI is InChI=1S/C25H37N5O4S/c1-6-8-10-18(23(32)28-25(3,4)5)30(16-11-13-17(14-12-16)34-15-9-7-2)24(33)21-19(26)20(22(27)31)29-35-21/h11-14,18H,6-10,15,26H2,1-5H3,(H2,27,31)(H,28,32)/t18-/m1/s1. The van der Waals surface area contributed by atoms with E-state index < -0.39 is 23.4 Å². The number of benzene rings is 1. The van der Waals surface area contributed by atoms with Gasteiger partial charge < -0.3 is 21.5 Å². The van der Waals surface area contributed by atoms with Crippen molar-refractivity contribution < 1.29 is 19.1 Å². The van der Waals surface area contributed by atoms with Gasteiger partial charge in [-0.2, -0.15) is 4.37 Å². The Hall–Kier alpha value is -3.14. The van der Waals surface area contributed by atoms with Crippen molar-refractivity contribution >= 4 is 40.6 Å². The Morgan fingerprint density at radius 3 is 2.26 bits per heavy atom. The Balaban J connectivity index is 2.54. The number of nitrogen functional groups attached to an aromatic ring is 1. The molecule has 35 heavy (non-hydrogen) atoms. The van der Waals surface area contributed by atoms with Gasteiger partial charge in [-0.05, 0) is 69.4 Å². The fourth-order valence-corrected chi connectivity index (χ4v) is 4.18. The number of nitrogens with two attached hydrogens (primary N) is 2. The van der Waals surface area contributed by atoms with Crippen molar-refractivity contribution in [2.45, 2.75) is 78.3 Å². The zero-order valence-electron chi connectivity index (χ0n) is 21.2. The molecule has 0 aliphatic heterocycles. The number of hydrogen-bond acceptors (Lipinski definition) is 7. The highest BCUT2D eigenvalue weighted by molar-refractivity contribution is 7.09. The molecule has 1 heterocycles. The number of carbonyl (C=O) groups is 3. The van der Waals surface area contributed by atoms with Crippen LogP contribution in [-0.2, 0) is 4.79 Å². The summed E-state index contributed by atoms with van der Waals surface area (Å²) in [4.78, 5) is 40.4. The lowest BCUT2D eigenvalue weighted by molar-refractivity contribution is -0.123. The quantitative estimate of drug-likeness (QED) is 0.372. The van der Waals surface area contributed by atoms with Crippen molar-refractivity contribution in [3.8, 4) is 5.75 Å². The molecule has 1 aromatic carbocycles. The smallest absolute Gasteiger partial charge is 0.272 e. The van der Waals surface area contributed by atoms with E-state index in [1.165, 1.54) is 4.90 Å². The highest BCUT2D eigenvalue weighted by Crippen LogP contribution is 2.30. The number of primary amides is 1. The van der Waals surface area contributed by atoms with Crippen molar-refractivity contribution in [3.05, 3.63) is 34.8 Å². The van der Waals surface area contributed by atoms with Crippen LogP contribution in [0.5, 0.6) is 5.75 Å². The van der Waals surface area contributed by atoms with E-state index in [9.17, 15) is 14.4 Å². The number of rotatable bonds is 12. The maximum atomic E-state index is 13.8. The molecule has 1 aromatic heterocycles. The highest BCUT2D eigenvalue weighted by Gasteiger charge is 2.35. The predicted octanol–water partition coefficient (Wildman–Crippen LogP) is 4.12. The zero-order valence-corrected chi connectivity index (χ0v) is 22.0. The van der Waals surface area contributed by atoms with Crippen LogP contribution >= 0.6 is 11.5 Å². The molecule has 1 atom stereocenters. The van der Waals surface area contributed by atoms with Gasteiger partial charge in [0.15, 0.2) is 5.69 Å². The lowest BCUT2D eigenvalue weighted by atomic mass is 10.0. The van der Waals surface area contributed by atoms with Crippen molar-refractivity contribution in [3.63, 3.8) is 0 Å². The van der Waals surface area contributed by atoms with Crippen molar-refractivity contribution in [2.75, 3.05) is 17.2 Å². The first-order chi connectivity index (χ1) is 16.5. The van der Waals surface area contributed by atoms with E-state index in [1.807, 2.05) is 27.7 Å². The Morgan fingerprint density at radius 1 is 1.11 bits per heavy atom. The molecule has 0 aliphatic carbocycles. The van der Waals surface area contributed by atoms with Crippen LogP contribution in [0.15, 0.2) is 24.3 Å². The molecule has 192 valence electrons. The largest absolute Gasteiger partial charge is 0.494 e. The van der Waals surface area contributed by atoms with E-state index in [4.69, 9.17) is 16.2 Å². The maximum Gasteiger partial charge on any atom is 0.272 e. The summed E-state index contributed by atoms with van der Waals surface area (Å²) < 4.78 is 9.72. The van der Waals surface area contributed by atoms with E-state index in [1.54, 1.807) is 24.3 Å². The first-order valence-electron chi connectivity index (χ1n) is 11.9. The topological polar surface area (TPSA) is 141 Å². The number of unbranched alkanes of at least 4 members (excludes halogenated alkanes) is 2. The number of aromatic nitrogens is 1. The van der Waals surface area contributed by atoms with E-state index >= 15 is 0 Å². The van der Waals surface area contributed by atoms with Gasteiger partial charge in [0.05, 0.1) is 12.3 Å². The molecule has 0 saturated heterocycles. The van der Waals surface area contributed by atoms with Crippen LogP contribution in [-0.4, -0.2) is 40.3 Å². The van der Waals surface area contributed by atoms with E-state index in [0.717, 1.165) is 37.2 Å². The van der Waals surface area contributed by atoms with Crippen LogP contribution in [0.1, 0.15) is 86.9 Å². The molecule has 0 bridgehead atoms. The number of ether oxygens (including phenoxy) is 1. The normalized spacial score (nSPS) is 12.1. The average Bonchev–Trinajstić information content (AvgIpc) is 3.17. The minimum Gasteiger partial charge on any atom is -0.494 e. The van der Waals surface area contributed by atoms with Crippen LogP contribution in [0.4, 0.5) is 11.4 Å². The fourth-order valence-electron chi connectivity index (χ4n) is 3.44. The van der Waals surface area contributed by atoms with E-state index in [-0.39, 0.29) is 22.2 Å². The fraction of sp³-hybridized carbons (Fsp3) is 0.520. The molecule has 0 unspecified atom stereocenters. The summed E-state index contributed by atoms with van der Waals surface area (Å²) >= 11 is 0.795. The second kappa shape index (κ2) is 12.5. The van der Waals surface area contributed by atoms with Gasteiger partial charge in [-0.1, -0.05) is 33.1 Å². The SMILES string of the molecule is CCCCOc1ccc(N(C(=O)c2snc(C(N)=O)c2N)[C@H](CCCC)C(=O)NC(C)(C)C)cc1. The van der Waals surface area contributed by atoms with Crippen LogP contribution in [0, 0.1) is 0 Å². The molecule has 0 spiro atoms. The monoisotopic (exact) mass is 503 g/mol. The number of carbonyl (C=O) groups excluding carboxylic acids is 3. The van der Waals surface area contributed by atoms with E-state index in [2.05, 4.69) is 16.6 Å². The molecule has 3 amide bonds. The second-order valence-electron chi connectivity index (χ2n) is 9.41. The Kier molecular flexibility index (Phi) is 10.1. The van der Waals surface area contributed by atoms with Gasteiger partial charge in [-0.15, -0.1) is 0 Å². The molecule has 0 radical (unpaired) electrons. The molecule has 0 fully saturated rings. The Labute approximate surface area is 211 Å². The van der Waals surface area contributed by atoms with Crippen LogP contribution in [0.25, 0.3) is 0 Å². The second-order valence-corrected chi connectivity index (χ2v) is 10.2. The summed E-state index contributed by atoms with van der Waals surface area (Å²) in [6, 6.07) is 6.24. The minimum absolute atomic E-state index is 0.0622. The van der Waals surface area contributed by atoms with E-state index in [0.29, 0.717) is 24.5 Å². The van der Waals surface area contributed by atoms with Gasteiger partial charge >= 0.3 is 0 Å². The third-order valence-electron chi connectivity index (χ3n) is 5.20. The van der Waals surface area contributed by atoms with Gasteiger partial charge in [0.1, 0.15) is 16.7 Å². The summed E-state index contributed by atoms with van der Waals surface area (Å²) in [5.41, 5.74) is 11.2. The highest BCUT2D eigenvalue weighted by atomic mass is 32.1. The van der Waals surface area contributed by atoms with Crippen LogP contribution < -0.4 is 26.4 Å². The van der Waals surface area contributed by atoms with Gasteiger partial charge in [0, 0.05) is 11.2 Å². The molecule has 2 aromatic rings. The zero-order chi connectivity index (χ0) is 26.2.